The molecular formula is C24H27N3O3. The molecule has 3 aromatic rings. The molecule has 2 aromatic carbocycles. The largest absolute Gasteiger partial charge is 0.376 e. The standard InChI is InChI=1S/C24H27N3O3/c1-16-11-17(2)21-13-18(23(28)26-22(21)12-16)14-27(15-20-9-6-10-30-20)24(29)25-19-7-4-3-5-8-19/h3-5,7-8,11-13,20H,6,9-10,14-15H2,1-2H3,(H,25,29)(H,26,28)/t20-/m1/s1. The van der Waals surface area contributed by atoms with Crippen LogP contribution >= 0.6 is 0 Å². The van der Waals surface area contributed by atoms with Crippen molar-refractivity contribution in [3.8, 4) is 0 Å². The van der Waals surface area contributed by atoms with Crippen molar-refractivity contribution in [1.82, 2.24) is 9.88 Å². The number of aromatic amines is 1. The van der Waals surface area contributed by atoms with Crippen LogP contribution in [0.3, 0.4) is 0 Å². The second-order valence-electron chi connectivity index (χ2n) is 7.98. The lowest BCUT2D eigenvalue weighted by Gasteiger charge is -2.26. The minimum absolute atomic E-state index is 0.00422. The van der Waals surface area contributed by atoms with E-state index in [1.54, 1.807) is 4.90 Å². The fourth-order valence-corrected chi connectivity index (χ4v) is 4.02. The van der Waals surface area contributed by atoms with Gasteiger partial charge in [-0.1, -0.05) is 24.3 Å². The van der Waals surface area contributed by atoms with Crippen molar-refractivity contribution in [2.45, 2.75) is 39.3 Å². The quantitative estimate of drug-likeness (QED) is 0.662. The maximum atomic E-state index is 13.0. The van der Waals surface area contributed by atoms with E-state index >= 15 is 0 Å². The molecule has 0 bridgehead atoms. The van der Waals surface area contributed by atoms with Crippen LogP contribution in [0.25, 0.3) is 10.9 Å². The molecule has 156 valence electrons. The molecule has 0 unspecified atom stereocenters. The lowest BCUT2D eigenvalue weighted by atomic mass is 10.0. The van der Waals surface area contributed by atoms with Crippen LogP contribution in [-0.4, -0.2) is 35.2 Å². The molecule has 2 N–H and O–H groups in total. The molecule has 0 aliphatic carbocycles. The molecule has 0 saturated carbocycles. The molecule has 6 heteroatoms. The lowest BCUT2D eigenvalue weighted by molar-refractivity contribution is 0.0818. The number of aromatic nitrogens is 1. The highest BCUT2D eigenvalue weighted by atomic mass is 16.5. The summed E-state index contributed by atoms with van der Waals surface area (Å²) in [5.74, 6) is 0. The summed E-state index contributed by atoms with van der Waals surface area (Å²) in [6.45, 7) is 5.42. The summed E-state index contributed by atoms with van der Waals surface area (Å²) >= 11 is 0. The molecule has 1 fully saturated rings. The van der Waals surface area contributed by atoms with Crippen LogP contribution in [0.15, 0.2) is 53.3 Å². The molecule has 1 saturated heterocycles. The highest BCUT2D eigenvalue weighted by Gasteiger charge is 2.24. The number of anilines is 1. The average molecular weight is 405 g/mol. The molecule has 1 aliphatic heterocycles. The van der Waals surface area contributed by atoms with Gasteiger partial charge in [0.25, 0.3) is 5.56 Å². The second kappa shape index (κ2) is 8.71. The Kier molecular flexibility index (Phi) is 5.86. The van der Waals surface area contributed by atoms with Gasteiger partial charge in [-0.05, 0) is 62.1 Å². The maximum absolute atomic E-state index is 13.0. The van der Waals surface area contributed by atoms with Gasteiger partial charge in [0, 0.05) is 35.3 Å². The van der Waals surface area contributed by atoms with Crippen molar-refractivity contribution in [2.24, 2.45) is 0 Å². The Morgan fingerprint density at radius 2 is 2.00 bits per heavy atom. The summed E-state index contributed by atoms with van der Waals surface area (Å²) in [6.07, 6.45) is 1.91. The van der Waals surface area contributed by atoms with E-state index in [0.29, 0.717) is 18.7 Å². The van der Waals surface area contributed by atoms with Crippen molar-refractivity contribution < 1.29 is 9.53 Å². The molecule has 1 aromatic heterocycles. The number of carbonyl (C=O) groups excluding carboxylic acids is 1. The monoisotopic (exact) mass is 405 g/mol. The minimum atomic E-state index is -0.239. The van der Waals surface area contributed by atoms with E-state index in [1.807, 2.05) is 56.3 Å². The summed E-state index contributed by atoms with van der Waals surface area (Å²) in [5.41, 5.74) is 4.14. The molecule has 1 aliphatic rings. The van der Waals surface area contributed by atoms with Crippen LogP contribution < -0.4 is 10.9 Å². The molecule has 6 nitrogen and oxygen atoms in total. The van der Waals surface area contributed by atoms with Gasteiger partial charge < -0.3 is 19.9 Å². The Labute approximate surface area is 175 Å². The van der Waals surface area contributed by atoms with E-state index in [4.69, 9.17) is 4.74 Å². The van der Waals surface area contributed by atoms with Gasteiger partial charge in [0.1, 0.15) is 0 Å². The molecule has 4 rings (SSSR count). The summed E-state index contributed by atoms with van der Waals surface area (Å²) in [6, 6.07) is 15.1. The van der Waals surface area contributed by atoms with Gasteiger partial charge in [0.15, 0.2) is 0 Å². The number of rotatable bonds is 5. The molecular weight excluding hydrogens is 378 g/mol. The maximum Gasteiger partial charge on any atom is 0.322 e. The Hall–Kier alpha value is -3.12. The number of H-pyrrole nitrogens is 1. The summed E-state index contributed by atoms with van der Waals surface area (Å²) < 4.78 is 5.75. The third kappa shape index (κ3) is 4.54. The topological polar surface area (TPSA) is 74.4 Å². The highest BCUT2D eigenvalue weighted by molar-refractivity contribution is 5.89. The number of nitrogens with one attached hydrogen (secondary N) is 2. The third-order valence-corrected chi connectivity index (χ3v) is 5.51. The Balaban J connectivity index is 1.62. The van der Waals surface area contributed by atoms with Crippen LogP contribution in [0.2, 0.25) is 0 Å². The predicted molar refractivity (Wildman–Crippen MR) is 119 cm³/mol. The highest BCUT2D eigenvalue weighted by Crippen LogP contribution is 2.20. The van der Waals surface area contributed by atoms with Gasteiger partial charge >= 0.3 is 6.03 Å². The number of fused-ring (bicyclic) bond motifs is 1. The first-order valence-corrected chi connectivity index (χ1v) is 10.4. The van der Waals surface area contributed by atoms with E-state index in [0.717, 1.165) is 40.6 Å². The molecule has 30 heavy (non-hydrogen) atoms. The van der Waals surface area contributed by atoms with E-state index in [9.17, 15) is 9.59 Å². The lowest BCUT2D eigenvalue weighted by Crippen LogP contribution is -2.40. The van der Waals surface area contributed by atoms with Gasteiger partial charge in [-0.15, -0.1) is 0 Å². The number of benzene rings is 2. The van der Waals surface area contributed by atoms with Crippen LogP contribution in [0.5, 0.6) is 0 Å². The predicted octanol–water partition coefficient (Wildman–Crippen LogP) is 4.36. The summed E-state index contributed by atoms with van der Waals surface area (Å²) in [4.78, 5) is 30.5. The number of aryl methyl sites for hydroxylation is 2. The summed E-state index contributed by atoms with van der Waals surface area (Å²) in [5, 5.41) is 3.93. The smallest absolute Gasteiger partial charge is 0.322 e. The van der Waals surface area contributed by atoms with Crippen LogP contribution in [0.4, 0.5) is 10.5 Å². The van der Waals surface area contributed by atoms with E-state index in [-0.39, 0.29) is 24.2 Å². The van der Waals surface area contributed by atoms with Crippen LogP contribution in [0.1, 0.15) is 29.5 Å². The molecule has 2 amide bonds. The third-order valence-electron chi connectivity index (χ3n) is 5.51. The van der Waals surface area contributed by atoms with Crippen molar-refractivity contribution in [3.63, 3.8) is 0 Å². The molecule has 0 spiro atoms. The van der Waals surface area contributed by atoms with Crippen molar-refractivity contribution in [1.29, 1.82) is 0 Å². The normalized spacial score (nSPS) is 16.0. The minimum Gasteiger partial charge on any atom is -0.376 e. The Bertz CT molecular complexity index is 1100. The van der Waals surface area contributed by atoms with E-state index < -0.39 is 0 Å². The number of pyridine rings is 1. The van der Waals surface area contributed by atoms with E-state index in [2.05, 4.69) is 16.4 Å². The van der Waals surface area contributed by atoms with Crippen LogP contribution in [-0.2, 0) is 11.3 Å². The Morgan fingerprint density at radius 1 is 1.20 bits per heavy atom. The Morgan fingerprint density at radius 3 is 2.73 bits per heavy atom. The average Bonchev–Trinajstić information content (AvgIpc) is 3.22. The van der Waals surface area contributed by atoms with Crippen LogP contribution in [0, 0.1) is 13.8 Å². The van der Waals surface area contributed by atoms with Crippen molar-refractivity contribution in [3.05, 3.63) is 75.6 Å². The fraction of sp³-hybridized carbons (Fsp3) is 0.333. The van der Waals surface area contributed by atoms with Gasteiger partial charge in [-0.3, -0.25) is 4.79 Å². The van der Waals surface area contributed by atoms with Gasteiger partial charge in [-0.25, -0.2) is 4.79 Å². The number of hydrogen-bond acceptors (Lipinski definition) is 3. The fourth-order valence-electron chi connectivity index (χ4n) is 4.02. The number of hydrogen-bond donors (Lipinski definition) is 2. The molecule has 1 atom stereocenters. The first-order chi connectivity index (χ1) is 14.5. The second-order valence-corrected chi connectivity index (χ2v) is 7.98. The number of ether oxygens (including phenoxy) is 1. The number of carbonyl (C=O) groups is 1. The first-order valence-electron chi connectivity index (χ1n) is 10.4. The van der Waals surface area contributed by atoms with Gasteiger partial charge in [-0.2, -0.15) is 0 Å². The van der Waals surface area contributed by atoms with Crippen molar-refractivity contribution in [2.75, 3.05) is 18.5 Å². The number of amides is 2. The zero-order chi connectivity index (χ0) is 21.1. The zero-order valence-electron chi connectivity index (χ0n) is 17.4. The summed E-state index contributed by atoms with van der Waals surface area (Å²) in [7, 11) is 0. The number of para-hydroxylation sites is 1. The van der Waals surface area contributed by atoms with Gasteiger partial charge in [0.05, 0.1) is 12.6 Å². The number of urea groups is 1. The SMILES string of the molecule is Cc1cc(C)c2cc(CN(C[C@H]3CCCO3)C(=O)Nc3ccccc3)c(=O)[nH]c2c1. The van der Waals surface area contributed by atoms with E-state index in [1.165, 1.54) is 0 Å². The van der Waals surface area contributed by atoms with Gasteiger partial charge in [0.2, 0.25) is 0 Å². The number of nitrogens with zero attached hydrogens (tertiary/aromatic N) is 1. The first kappa shape index (κ1) is 20.2. The zero-order valence-corrected chi connectivity index (χ0v) is 17.4. The molecule has 2 heterocycles. The van der Waals surface area contributed by atoms with Crippen molar-refractivity contribution >= 4 is 22.6 Å². The molecule has 0 radical (unpaired) electrons.